The molecule has 0 unspecified atom stereocenters. The lowest BCUT2D eigenvalue weighted by molar-refractivity contribution is -0.191. The van der Waals surface area contributed by atoms with Crippen molar-refractivity contribution >= 4 is 11.0 Å². The molecule has 13 heteroatoms. The Kier molecular flexibility index (Phi) is 6.79. The first kappa shape index (κ1) is 26.3. The van der Waals surface area contributed by atoms with E-state index in [1.165, 1.54) is 24.3 Å². The van der Waals surface area contributed by atoms with Crippen LogP contribution in [0.15, 0.2) is 39.5 Å². The van der Waals surface area contributed by atoms with Crippen LogP contribution in [0.3, 0.4) is 0 Å². The second-order valence-corrected chi connectivity index (χ2v) is 9.36. The summed E-state index contributed by atoms with van der Waals surface area (Å²) in [6.07, 6.45) is -13.3. The molecule has 0 amide bonds. The SMILES string of the molecule is O=c1cc(-c2ccc(O)cc2)oc2c([C@H]3OC[C@H](O)[C@H](O)[C@H]3O)c(O)c([C@H]3OC[C@@H](O)[C@@H](O)[C@H]3O)c(O)c12. The molecule has 2 saturated heterocycles. The highest BCUT2D eigenvalue weighted by atomic mass is 16.5. The molecule has 38 heavy (non-hydrogen) atoms. The van der Waals surface area contributed by atoms with Gasteiger partial charge in [-0.3, -0.25) is 4.79 Å². The van der Waals surface area contributed by atoms with E-state index in [-0.39, 0.29) is 11.5 Å². The second kappa shape index (κ2) is 9.80. The molecule has 3 heterocycles. The molecular formula is C25H26O13. The summed E-state index contributed by atoms with van der Waals surface area (Å²) in [6.45, 7) is -0.966. The van der Waals surface area contributed by atoms with Crippen LogP contribution >= 0.6 is 0 Å². The zero-order valence-electron chi connectivity index (χ0n) is 19.6. The minimum absolute atomic E-state index is 0.0475. The summed E-state index contributed by atoms with van der Waals surface area (Å²) >= 11 is 0. The molecule has 0 saturated carbocycles. The van der Waals surface area contributed by atoms with Gasteiger partial charge in [-0.1, -0.05) is 0 Å². The maximum Gasteiger partial charge on any atom is 0.197 e. The van der Waals surface area contributed by atoms with Gasteiger partial charge in [-0.05, 0) is 24.3 Å². The summed E-state index contributed by atoms with van der Waals surface area (Å²) < 4.78 is 16.8. The van der Waals surface area contributed by atoms with Crippen molar-refractivity contribution < 1.29 is 59.8 Å². The van der Waals surface area contributed by atoms with E-state index in [9.17, 15) is 50.8 Å². The quantitative estimate of drug-likeness (QED) is 0.194. The molecule has 1 aromatic heterocycles. The van der Waals surface area contributed by atoms with Gasteiger partial charge in [0.1, 0.15) is 77.2 Å². The van der Waals surface area contributed by atoms with Crippen LogP contribution in [0.1, 0.15) is 23.3 Å². The molecule has 2 aliphatic heterocycles. The number of aromatic hydroxyl groups is 3. The zero-order chi connectivity index (χ0) is 27.5. The predicted octanol–water partition coefficient (Wildman–Crippen LogP) is -1.12. The first-order valence-corrected chi connectivity index (χ1v) is 11.7. The molecule has 0 radical (unpaired) electrons. The molecule has 2 aromatic carbocycles. The number of fused-ring (bicyclic) bond motifs is 1. The third-order valence-electron chi connectivity index (χ3n) is 6.92. The van der Waals surface area contributed by atoms with Crippen LogP contribution in [0.25, 0.3) is 22.3 Å². The molecule has 3 aromatic rings. The van der Waals surface area contributed by atoms with Crippen molar-refractivity contribution in [2.24, 2.45) is 0 Å². The number of ether oxygens (including phenoxy) is 2. The number of aliphatic hydroxyl groups is 6. The Morgan fingerprint density at radius 1 is 0.684 bits per heavy atom. The topological polar surface area (TPSA) is 231 Å². The van der Waals surface area contributed by atoms with Crippen LogP contribution in [0.2, 0.25) is 0 Å². The van der Waals surface area contributed by atoms with E-state index in [0.29, 0.717) is 5.56 Å². The summed E-state index contributed by atoms with van der Waals surface area (Å²) in [5.74, 6) is -1.80. The Labute approximate surface area is 213 Å². The van der Waals surface area contributed by atoms with Crippen molar-refractivity contribution in [3.05, 3.63) is 51.7 Å². The van der Waals surface area contributed by atoms with Crippen molar-refractivity contribution in [2.45, 2.75) is 48.8 Å². The Morgan fingerprint density at radius 3 is 1.76 bits per heavy atom. The minimum Gasteiger partial charge on any atom is -0.508 e. The van der Waals surface area contributed by atoms with Gasteiger partial charge in [0.15, 0.2) is 11.0 Å². The number of rotatable bonds is 3. The van der Waals surface area contributed by atoms with Gasteiger partial charge in [0.2, 0.25) is 0 Å². The van der Waals surface area contributed by atoms with E-state index in [1.54, 1.807) is 0 Å². The molecule has 5 rings (SSSR count). The number of benzene rings is 2. The van der Waals surface area contributed by atoms with Crippen LogP contribution in [0.4, 0.5) is 0 Å². The van der Waals surface area contributed by atoms with Crippen molar-refractivity contribution in [2.75, 3.05) is 13.2 Å². The maximum absolute atomic E-state index is 13.3. The van der Waals surface area contributed by atoms with Gasteiger partial charge in [-0.15, -0.1) is 0 Å². The largest absolute Gasteiger partial charge is 0.508 e. The highest BCUT2D eigenvalue weighted by molar-refractivity contribution is 5.91. The number of hydrogen-bond acceptors (Lipinski definition) is 13. The van der Waals surface area contributed by atoms with Crippen molar-refractivity contribution in [1.82, 2.24) is 0 Å². The molecule has 0 bridgehead atoms. The third-order valence-corrected chi connectivity index (χ3v) is 6.92. The van der Waals surface area contributed by atoms with Gasteiger partial charge >= 0.3 is 0 Å². The summed E-state index contributed by atoms with van der Waals surface area (Å²) in [6, 6.07) is 6.60. The molecule has 204 valence electrons. The fraction of sp³-hybridized carbons (Fsp3) is 0.400. The Balaban J connectivity index is 1.80. The Morgan fingerprint density at radius 2 is 1.21 bits per heavy atom. The Hall–Kier alpha value is -3.27. The minimum atomic E-state index is -1.85. The standard InChI is InChI=1S/C25H26O13/c26-9-3-1-8(2-4-9)13-5-10(27)14-19(32)15(24-21(34)17(30)11(28)6-36-24)20(33)16(23(14)38-13)25-22(35)18(31)12(29)7-37-25/h1-5,11-12,17-18,21-22,24-26,28-35H,6-7H2/t11-,12+,17-,18+,21-,22-,24-,25-/m1/s1. The van der Waals surface area contributed by atoms with E-state index in [4.69, 9.17) is 13.9 Å². The first-order chi connectivity index (χ1) is 18.0. The summed E-state index contributed by atoms with van der Waals surface area (Å²) in [4.78, 5) is 13.3. The van der Waals surface area contributed by atoms with Crippen LogP contribution in [-0.4, -0.2) is 95.8 Å². The lowest BCUT2D eigenvalue weighted by Crippen LogP contribution is -2.49. The van der Waals surface area contributed by atoms with E-state index < -0.39 is 101 Å². The molecule has 8 atom stereocenters. The fourth-order valence-electron chi connectivity index (χ4n) is 4.83. The molecule has 2 aliphatic rings. The highest BCUT2D eigenvalue weighted by Gasteiger charge is 2.46. The van der Waals surface area contributed by atoms with Gasteiger partial charge in [-0.2, -0.15) is 0 Å². The van der Waals surface area contributed by atoms with Crippen LogP contribution < -0.4 is 5.43 Å². The molecule has 2 fully saturated rings. The molecular weight excluding hydrogens is 508 g/mol. The van der Waals surface area contributed by atoms with Crippen molar-refractivity contribution in [3.63, 3.8) is 0 Å². The smallest absolute Gasteiger partial charge is 0.197 e. The van der Waals surface area contributed by atoms with Gasteiger partial charge in [0, 0.05) is 11.6 Å². The lowest BCUT2D eigenvalue weighted by Gasteiger charge is -2.38. The predicted molar refractivity (Wildman–Crippen MR) is 126 cm³/mol. The number of hydrogen-bond donors (Lipinski definition) is 9. The van der Waals surface area contributed by atoms with Crippen LogP contribution in [0.5, 0.6) is 17.2 Å². The van der Waals surface area contributed by atoms with Crippen molar-refractivity contribution in [1.29, 1.82) is 0 Å². The van der Waals surface area contributed by atoms with Gasteiger partial charge in [0.05, 0.1) is 24.3 Å². The van der Waals surface area contributed by atoms with E-state index >= 15 is 0 Å². The number of phenolic OH excluding ortho intramolecular Hbond substituents is 3. The first-order valence-electron chi connectivity index (χ1n) is 11.7. The monoisotopic (exact) mass is 534 g/mol. The average Bonchev–Trinajstić information content (AvgIpc) is 2.88. The van der Waals surface area contributed by atoms with E-state index in [1.807, 2.05) is 0 Å². The normalized spacial score (nSPS) is 31.9. The summed E-state index contributed by atoms with van der Waals surface area (Å²) in [5.41, 5.74) is -1.86. The molecule has 0 aliphatic carbocycles. The van der Waals surface area contributed by atoms with Gasteiger partial charge in [-0.25, -0.2) is 0 Å². The summed E-state index contributed by atoms with van der Waals surface area (Å²) in [5, 5.41) is 93.1. The fourth-order valence-corrected chi connectivity index (χ4v) is 4.83. The second-order valence-electron chi connectivity index (χ2n) is 9.36. The molecule has 9 N–H and O–H groups in total. The highest BCUT2D eigenvalue weighted by Crippen LogP contribution is 2.50. The van der Waals surface area contributed by atoms with E-state index in [0.717, 1.165) is 6.07 Å². The van der Waals surface area contributed by atoms with Crippen LogP contribution in [-0.2, 0) is 9.47 Å². The summed E-state index contributed by atoms with van der Waals surface area (Å²) in [7, 11) is 0. The Bertz CT molecular complexity index is 1400. The average molecular weight is 534 g/mol. The van der Waals surface area contributed by atoms with Gasteiger partial charge < -0.3 is 59.8 Å². The van der Waals surface area contributed by atoms with E-state index in [2.05, 4.69) is 0 Å². The third kappa shape index (κ3) is 4.19. The van der Waals surface area contributed by atoms with Crippen molar-refractivity contribution in [3.8, 4) is 28.6 Å². The van der Waals surface area contributed by atoms with Gasteiger partial charge in [0.25, 0.3) is 0 Å². The number of aliphatic hydroxyl groups excluding tert-OH is 6. The number of phenols is 3. The maximum atomic E-state index is 13.3. The van der Waals surface area contributed by atoms with Crippen LogP contribution in [0, 0.1) is 0 Å². The molecule has 13 nitrogen and oxygen atoms in total. The molecule has 0 spiro atoms. The lowest BCUT2D eigenvalue weighted by atomic mass is 9.87. The zero-order valence-corrected chi connectivity index (χ0v) is 19.6.